The zero-order valence-electron chi connectivity index (χ0n) is 11.6. The second-order valence-corrected chi connectivity index (χ2v) is 7.78. The molecular formula is C18H16BrNS. The minimum absolute atomic E-state index is 0.453. The first-order valence-electron chi connectivity index (χ1n) is 7.37. The summed E-state index contributed by atoms with van der Waals surface area (Å²) >= 11 is 5.77. The Morgan fingerprint density at radius 3 is 2.81 bits per heavy atom. The molecule has 1 heterocycles. The molecule has 2 atom stereocenters. The molecular weight excluding hydrogens is 342 g/mol. The summed E-state index contributed by atoms with van der Waals surface area (Å²) in [6.45, 7) is 0. The van der Waals surface area contributed by atoms with Crippen molar-refractivity contribution in [3.8, 4) is 0 Å². The SMILES string of the molecule is BrC1c2ccccc2CCC1Cc1nc2ccccc2s1. The maximum Gasteiger partial charge on any atom is 0.0941 e. The van der Waals surface area contributed by atoms with E-state index in [1.54, 1.807) is 0 Å². The van der Waals surface area contributed by atoms with Gasteiger partial charge >= 0.3 is 0 Å². The largest absolute Gasteiger partial charge is 0.241 e. The van der Waals surface area contributed by atoms with Crippen molar-refractivity contribution >= 4 is 37.5 Å². The van der Waals surface area contributed by atoms with Gasteiger partial charge in [-0.3, -0.25) is 0 Å². The van der Waals surface area contributed by atoms with Gasteiger partial charge in [0.15, 0.2) is 0 Å². The lowest BCUT2D eigenvalue weighted by Gasteiger charge is -2.29. The Hall–Kier alpha value is -1.19. The first-order valence-corrected chi connectivity index (χ1v) is 9.11. The lowest BCUT2D eigenvalue weighted by Crippen LogP contribution is -2.18. The average Bonchev–Trinajstić information content (AvgIpc) is 2.93. The third kappa shape index (κ3) is 2.53. The Morgan fingerprint density at radius 2 is 1.90 bits per heavy atom. The molecule has 106 valence electrons. The number of aryl methyl sites for hydroxylation is 1. The van der Waals surface area contributed by atoms with E-state index in [0.717, 1.165) is 11.9 Å². The molecule has 0 saturated carbocycles. The highest BCUT2D eigenvalue weighted by Crippen LogP contribution is 2.42. The fourth-order valence-corrected chi connectivity index (χ4v) is 5.17. The second kappa shape index (κ2) is 5.54. The van der Waals surface area contributed by atoms with Crippen molar-refractivity contribution in [3.63, 3.8) is 0 Å². The van der Waals surface area contributed by atoms with Crippen LogP contribution in [-0.2, 0) is 12.8 Å². The van der Waals surface area contributed by atoms with Crippen LogP contribution < -0.4 is 0 Å². The fourth-order valence-electron chi connectivity index (χ4n) is 3.21. The van der Waals surface area contributed by atoms with Crippen molar-refractivity contribution in [2.75, 3.05) is 0 Å². The van der Waals surface area contributed by atoms with Gasteiger partial charge in [-0.2, -0.15) is 0 Å². The van der Waals surface area contributed by atoms with Gasteiger partial charge in [0.2, 0.25) is 0 Å². The van der Waals surface area contributed by atoms with Crippen molar-refractivity contribution in [3.05, 3.63) is 64.7 Å². The number of benzene rings is 2. The van der Waals surface area contributed by atoms with Gasteiger partial charge in [-0.05, 0) is 42.0 Å². The molecule has 4 rings (SSSR count). The van der Waals surface area contributed by atoms with Gasteiger partial charge in [0.05, 0.1) is 15.2 Å². The van der Waals surface area contributed by atoms with Crippen LogP contribution in [0, 0.1) is 5.92 Å². The summed E-state index contributed by atoms with van der Waals surface area (Å²) in [5.41, 5.74) is 4.11. The maximum absolute atomic E-state index is 4.79. The number of fused-ring (bicyclic) bond motifs is 2. The summed E-state index contributed by atoms with van der Waals surface area (Å²) < 4.78 is 1.30. The van der Waals surface area contributed by atoms with Gasteiger partial charge in [0.1, 0.15) is 0 Å². The zero-order valence-corrected chi connectivity index (χ0v) is 14.0. The lowest BCUT2D eigenvalue weighted by molar-refractivity contribution is 0.452. The van der Waals surface area contributed by atoms with Crippen LogP contribution in [0.2, 0.25) is 0 Å². The van der Waals surface area contributed by atoms with Gasteiger partial charge in [0, 0.05) is 11.2 Å². The summed E-state index contributed by atoms with van der Waals surface area (Å²) in [6.07, 6.45) is 3.50. The number of para-hydroxylation sites is 1. The maximum atomic E-state index is 4.79. The van der Waals surface area contributed by atoms with Crippen LogP contribution in [0.15, 0.2) is 48.5 Å². The molecule has 2 unspecified atom stereocenters. The van der Waals surface area contributed by atoms with Gasteiger partial charge in [-0.1, -0.05) is 52.3 Å². The van der Waals surface area contributed by atoms with Crippen LogP contribution in [0.3, 0.4) is 0 Å². The van der Waals surface area contributed by atoms with E-state index in [4.69, 9.17) is 4.98 Å². The number of hydrogen-bond donors (Lipinski definition) is 0. The summed E-state index contributed by atoms with van der Waals surface area (Å²) in [6, 6.07) is 17.2. The molecule has 0 N–H and O–H groups in total. The quantitative estimate of drug-likeness (QED) is 0.548. The number of thiazole rings is 1. The van der Waals surface area contributed by atoms with Crippen molar-refractivity contribution in [2.45, 2.75) is 24.1 Å². The molecule has 0 fully saturated rings. The van der Waals surface area contributed by atoms with Crippen molar-refractivity contribution < 1.29 is 0 Å². The van der Waals surface area contributed by atoms with Gasteiger partial charge < -0.3 is 0 Å². The molecule has 0 bridgehead atoms. The number of alkyl halides is 1. The summed E-state index contributed by atoms with van der Waals surface area (Å²) in [4.78, 5) is 5.25. The summed E-state index contributed by atoms with van der Waals surface area (Å²) in [7, 11) is 0. The predicted octanol–water partition coefficient (Wildman–Crippen LogP) is 5.54. The van der Waals surface area contributed by atoms with Crippen molar-refractivity contribution in [1.82, 2.24) is 4.98 Å². The minimum Gasteiger partial charge on any atom is -0.241 e. The summed E-state index contributed by atoms with van der Waals surface area (Å²) in [5, 5.41) is 1.27. The molecule has 2 aromatic carbocycles. The molecule has 0 amide bonds. The molecule has 0 spiro atoms. The third-order valence-corrected chi connectivity index (χ3v) is 6.63. The van der Waals surface area contributed by atoms with Crippen LogP contribution in [0.5, 0.6) is 0 Å². The number of hydrogen-bond acceptors (Lipinski definition) is 2. The van der Waals surface area contributed by atoms with E-state index < -0.39 is 0 Å². The van der Waals surface area contributed by atoms with Crippen LogP contribution in [0.4, 0.5) is 0 Å². The first kappa shape index (κ1) is 13.5. The molecule has 0 aliphatic heterocycles. The highest BCUT2D eigenvalue weighted by Gasteiger charge is 2.28. The average molecular weight is 358 g/mol. The van der Waals surface area contributed by atoms with Gasteiger partial charge in [0.25, 0.3) is 0 Å². The number of halogens is 1. The molecule has 0 saturated heterocycles. The van der Waals surface area contributed by atoms with Gasteiger partial charge in [-0.25, -0.2) is 4.98 Å². The predicted molar refractivity (Wildman–Crippen MR) is 93.2 cm³/mol. The van der Waals surface area contributed by atoms with Gasteiger partial charge in [-0.15, -0.1) is 11.3 Å². The first-order chi connectivity index (χ1) is 10.3. The van der Waals surface area contributed by atoms with Crippen molar-refractivity contribution in [1.29, 1.82) is 0 Å². The normalized spacial score (nSPS) is 21.4. The molecule has 3 heteroatoms. The standard InChI is InChI=1S/C18H16BrNS/c19-18-13(10-9-12-5-1-2-6-14(12)18)11-17-20-15-7-3-4-8-16(15)21-17/h1-8,13,18H,9-11H2. The molecule has 1 aliphatic rings. The van der Waals surface area contributed by atoms with Crippen LogP contribution in [-0.4, -0.2) is 4.98 Å². The highest BCUT2D eigenvalue weighted by molar-refractivity contribution is 9.09. The number of nitrogens with zero attached hydrogens (tertiary/aromatic N) is 1. The van der Waals surface area contributed by atoms with E-state index in [2.05, 4.69) is 64.5 Å². The lowest BCUT2D eigenvalue weighted by atomic mass is 9.82. The highest BCUT2D eigenvalue weighted by atomic mass is 79.9. The Labute approximate surface area is 137 Å². The Bertz CT molecular complexity index is 746. The van der Waals surface area contributed by atoms with E-state index in [1.165, 1.54) is 33.7 Å². The Balaban J connectivity index is 1.60. The molecule has 0 radical (unpaired) electrons. The second-order valence-electron chi connectivity index (χ2n) is 5.68. The number of rotatable bonds is 2. The zero-order chi connectivity index (χ0) is 14.2. The Kier molecular flexibility index (Phi) is 3.56. The summed E-state index contributed by atoms with van der Waals surface area (Å²) in [5.74, 6) is 0.639. The van der Waals surface area contributed by atoms with E-state index in [0.29, 0.717) is 10.7 Å². The van der Waals surface area contributed by atoms with E-state index in [9.17, 15) is 0 Å². The smallest absolute Gasteiger partial charge is 0.0941 e. The van der Waals surface area contributed by atoms with E-state index in [-0.39, 0.29) is 0 Å². The number of aromatic nitrogens is 1. The molecule has 3 aromatic rings. The molecule has 21 heavy (non-hydrogen) atoms. The Morgan fingerprint density at radius 1 is 1.10 bits per heavy atom. The fraction of sp³-hybridized carbons (Fsp3) is 0.278. The molecule has 1 aromatic heterocycles. The van der Waals surface area contributed by atoms with E-state index >= 15 is 0 Å². The van der Waals surface area contributed by atoms with E-state index in [1.807, 2.05) is 11.3 Å². The van der Waals surface area contributed by atoms with Crippen LogP contribution >= 0.6 is 27.3 Å². The van der Waals surface area contributed by atoms with Crippen molar-refractivity contribution in [2.24, 2.45) is 5.92 Å². The molecule has 1 aliphatic carbocycles. The minimum atomic E-state index is 0.453. The molecule has 1 nitrogen and oxygen atoms in total. The van der Waals surface area contributed by atoms with Crippen LogP contribution in [0.25, 0.3) is 10.2 Å². The van der Waals surface area contributed by atoms with Crippen LogP contribution in [0.1, 0.15) is 27.4 Å². The third-order valence-electron chi connectivity index (χ3n) is 4.33. The monoisotopic (exact) mass is 357 g/mol. The topological polar surface area (TPSA) is 12.9 Å².